The first-order valence-corrected chi connectivity index (χ1v) is 6.96. The standard InChI is InChI=1S/C16H25NO2/c1-12(2)11-17-16(18)6-5-9-19-15-8-7-13(3)10-14(15)4/h7-8,10,12H,5-6,9,11H2,1-4H3,(H,17,18). The normalized spacial score (nSPS) is 10.6. The molecular weight excluding hydrogens is 238 g/mol. The third kappa shape index (κ3) is 6.27. The van der Waals surface area contributed by atoms with Crippen molar-refractivity contribution in [3.8, 4) is 5.75 Å². The lowest BCUT2D eigenvalue weighted by Crippen LogP contribution is -2.27. The van der Waals surface area contributed by atoms with Gasteiger partial charge in [-0.2, -0.15) is 0 Å². The number of nitrogens with one attached hydrogen (secondary N) is 1. The smallest absolute Gasteiger partial charge is 0.220 e. The molecule has 19 heavy (non-hydrogen) atoms. The van der Waals surface area contributed by atoms with Crippen LogP contribution in [0.15, 0.2) is 18.2 Å². The second kappa shape index (κ2) is 7.82. The van der Waals surface area contributed by atoms with E-state index in [2.05, 4.69) is 32.2 Å². The minimum atomic E-state index is 0.109. The lowest BCUT2D eigenvalue weighted by Gasteiger charge is -2.10. The van der Waals surface area contributed by atoms with E-state index in [0.717, 1.165) is 24.3 Å². The largest absolute Gasteiger partial charge is 0.493 e. The molecule has 3 nitrogen and oxygen atoms in total. The molecule has 0 aliphatic rings. The van der Waals surface area contributed by atoms with Crippen molar-refractivity contribution in [1.29, 1.82) is 0 Å². The molecule has 0 radical (unpaired) electrons. The van der Waals surface area contributed by atoms with E-state index in [1.807, 2.05) is 19.1 Å². The molecule has 0 atom stereocenters. The van der Waals surface area contributed by atoms with Gasteiger partial charge >= 0.3 is 0 Å². The van der Waals surface area contributed by atoms with Gasteiger partial charge in [-0.3, -0.25) is 4.79 Å². The molecule has 1 amide bonds. The SMILES string of the molecule is Cc1ccc(OCCCC(=O)NCC(C)C)c(C)c1. The molecule has 0 unspecified atom stereocenters. The minimum Gasteiger partial charge on any atom is -0.493 e. The van der Waals surface area contributed by atoms with E-state index >= 15 is 0 Å². The Hall–Kier alpha value is -1.51. The van der Waals surface area contributed by atoms with Crippen LogP contribution in [0.5, 0.6) is 5.75 Å². The highest BCUT2D eigenvalue weighted by Gasteiger charge is 2.03. The average Bonchev–Trinajstić information content (AvgIpc) is 2.34. The van der Waals surface area contributed by atoms with Gasteiger partial charge in [-0.1, -0.05) is 31.5 Å². The quantitative estimate of drug-likeness (QED) is 0.767. The van der Waals surface area contributed by atoms with Crippen LogP contribution in [0.25, 0.3) is 0 Å². The molecule has 3 heteroatoms. The number of rotatable bonds is 7. The zero-order valence-corrected chi connectivity index (χ0v) is 12.5. The zero-order chi connectivity index (χ0) is 14.3. The highest BCUT2D eigenvalue weighted by Crippen LogP contribution is 2.18. The maximum absolute atomic E-state index is 11.5. The van der Waals surface area contributed by atoms with Gasteiger partial charge in [0.25, 0.3) is 0 Å². The lowest BCUT2D eigenvalue weighted by atomic mass is 10.1. The number of carbonyl (C=O) groups is 1. The first-order valence-electron chi connectivity index (χ1n) is 6.96. The summed E-state index contributed by atoms with van der Waals surface area (Å²) in [5, 5.41) is 2.91. The van der Waals surface area contributed by atoms with E-state index < -0.39 is 0 Å². The van der Waals surface area contributed by atoms with Crippen LogP contribution in [0.2, 0.25) is 0 Å². The topological polar surface area (TPSA) is 38.3 Å². The number of carbonyl (C=O) groups excluding carboxylic acids is 1. The number of benzene rings is 1. The molecule has 0 saturated heterocycles. The molecule has 106 valence electrons. The van der Waals surface area contributed by atoms with Crippen molar-refractivity contribution in [3.05, 3.63) is 29.3 Å². The monoisotopic (exact) mass is 263 g/mol. The van der Waals surface area contributed by atoms with Gasteiger partial charge in [-0.05, 0) is 37.8 Å². The number of amides is 1. The van der Waals surface area contributed by atoms with Gasteiger partial charge in [-0.25, -0.2) is 0 Å². The van der Waals surface area contributed by atoms with Crippen LogP contribution >= 0.6 is 0 Å². The summed E-state index contributed by atoms with van der Waals surface area (Å²) in [7, 11) is 0. The van der Waals surface area contributed by atoms with E-state index in [1.165, 1.54) is 5.56 Å². The van der Waals surface area contributed by atoms with Crippen molar-refractivity contribution in [2.75, 3.05) is 13.2 Å². The fourth-order valence-corrected chi connectivity index (χ4v) is 1.78. The number of ether oxygens (including phenoxy) is 1. The predicted octanol–water partition coefficient (Wildman–Crippen LogP) is 3.23. The molecule has 0 aromatic heterocycles. The fraction of sp³-hybridized carbons (Fsp3) is 0.562. The third-order valence-corrected chi connectivity index (χ3v) is 2.84. The second-order valence-electron chi connectivity index (χ2n) is 5.42. The van der Waals surface area contributed by atoms with Crippen molar-refractivity contribution < 1.29 is 9.53 Å². The first kappa shape index (κ1) is 15.5. The van der Waals surface area contributed by atoms with Crippen LogP contribution in [-0.2, 0) is 4.79 Å². The average molecular weight is 263 g/mol. The van der Waals surface area contributed by atoms with Crippen molar-refractivity contribution >= 4 is 5.91 Å². The van der Waals surface area contributed by atoms with Crippen LogP contribution in [0.3, 0.4) is 0 Å². The van der Waals surface area contributed by atoms with Crippen molar-refractivity contribution in [2.45, 2.75) is 40.5 Å². The Bertz CT molecular complexity index is 413. The van der Waals surface area contributed by atoms with E-state index in [0.29, 0.717) is 18.9 Å². The molecule has 0 spiro atoms. The lowest BCUT2D eigenvalue weighted by molar-refractivity contribution is -0.121. The molecule has 0 aliphatic heterocycles. The summed E-state index contributed by atoms with van der Waals surface area (Å²) in [5.74, 6) is 1.52. The summed E-state index contributed by atoms with van der Waals surface area (Å²) in [4.78, 5) is 11.5. The van der Waals surface area contributed by atoms with Crippen molar-refractivity contribution in [2.24, 2.45) is 5.92 Å². The molecule has 0 saturated carbocycles. The highest BCUT2D eigenvalue weighted by molar-refractivity contribution is 5.75. The Morgan fingerprint density at radius 1 is 1.32 bits per heavy atom. The Labute approximate surface area is 116 Å². The Balaban J connectivity index is 2.22. The molecule has 1 rings (SSSR count). The molecule has 0 fully saturated rings. The van der Waals surface area contributed by atoms with Gasteiger partial charge in [0.2, 0.25) is 5.91 Å². The summed E-state index contributed by atoms with van der Waals surface area (Å²) < 4.78 is 5.69. The van der Waals surface area contributed by atoms with E-state index in [-0.39, 0.29) is 5.91 Å². The number of hydrogen-bond acceptors (Lipinski definition) is 2. The Morgan fingerprint density at radius 3 is 2.68 bits per heavy atom. The van der Waals surface area contributed by atoms with E-state index in [1.54, 1.807) is 0 Å². The van der Waals surface area contributed by atoms with Gasteiger partial charge in [-0.15, -0.1) is 0 Å². The van der Waals surface area contributed by atoms with Gasteiger partial charge in [0, 0.05) is 13.0 Å². The van der Waals surface area contributed by atoms with Crippen molar-refractivity contribution in [3.63, 3.8) is 0 Å². The van der Waals surface area contributed by atoms with Crippen molar-refractivity contribution in [1.82, 2.24) is 5.32 Å². The summed E-state index contributed by atoms with van der Waals surface area (Å²) in [5.41, 5.74) is 2.38. The van der Waals surface area contributed by atoms with Gasteiger partial charge in [0.1, 0.15) is 5.75 Å². The Kier molecular flexibility index (Phi) is 6.40. The minimum absolute atomic E-state index is 0.109. The van der Waals surface area contributed by atoms with E-state index in [9.17, 15) is 4.79 Å². The predicted molar refractivity (Wildman–Crippen MR) is 78.5 cm³/mol. The molecule has 0 bridgehead atoms. The number of aryl methyl sites for hydroxylation is 2. The highest BCUT2D eigenvalue weighted by atomic mass is 16.5. The maximum atomic E-state index is 11.5. The molecule has 0 heterocycles. The summed E-state index contributed by atoms with van der Waals surface area (Å²) in [6.45, 7) is 9.61. The van der Waals surface area contributed by atoms with Gasteiger partial charge in [0.15, 0.2) is 0 Å². The summed E-state index contributed by atoms with van der Waals surface area (Å²) in [6, 6.07) is 6.13. The van der Waals surface area contributed by atoms with Crippen LogP contribution < -0.4 is 10.1 Å². The zero-order valence-electron chi connectivity index (χ0n) is 12.5. The summed E-state index contributed by atoms with van der Waals surface area (Å²) >= 11 is 0. The van der Waals surface area contributed by atoms with Crippen LogP contribution in [0.4, 0.5) is 0 Å². The molecule has 0 aliphatic carbocycles. The first-order chi connectivity index (χ1) is 8.99. The number of hydrogen-bond donors (Lipinski definition) is 1. The van der Waals surface area contributed by atoms with Gasteiger partial charge in [0.05, 0.1) is 6.61 Å². The Morgan fingerprint density at radius 2 is 2.05 bits per heavy atom. The van der Waals surface area contributed by atoms with Crippen LogP contribution in [-0.4, -0.2) is 19.1 Å². The third-order valence-electron chi connectivity index (χ3n) is 2.84. The van der Waals surface area contributed by atoms with Crippen LogP contribution in [0, 0.1) is 19.8 Å². The summed E-state index contributed by atoms with van der Waals surface area (Å²) in [6.07, 6.45) is 1.27. The molecular formula is C16H25NO2. The maximum Gasteiger partial charge on any atom is 0.220 e. The molecule has 1 aromatic carbocycles. The molecule has 1 N–H and O–H groups in total. The second-order valence-corrected chi connectivity index (χ2v) is 5.42. The van der Waals surface area contributed by atoms with Crippen LogP contribution in [0.1, 0.15) is 37.8 Å². The van der Waals surface area contributed by atoms with Gasteiger partial charge < -0.3 is 10.1 Å². The fourth-order valence-electron chi connectivity index (χ4n) is 1.78. The molecule has 1 aromatic rings. The van der Waals surface area contributed by atoms with E-state index in [4.69, 9.17) is 4.74 Å².